The molecule has 0 unspecified atom stereocenters. The van der Waals surface area contributed by atoms with Crippen LogP contribution in [0.4, 0.5) is 0 Å². The molecule has 0 heterocycles. The number of nitrogens with zero attached hydrogens (tertiary/aromatic N) is 2. The number of carboxylic acids is 1. The summed E-state index contributed by atoms with van der Waals surface area (Å²) in [6.07, 6.45) is -0.130. The van der Waals surface area contributed by atoms with Crippen LogP contribution >= 0.6 is 0 Å². The highest BCUT2D eigenvalue weighted by Gasteiger charge is 2.24. The molecule has 0 bridgehead atoms. The molecule has 0 aliphatic heterocycles. The summed E-state index contributed by atoms with van der Waals surface area (Å²) in [6.45, 7) is 1.25. The highest BCUT2D eigenvalue weighted by molar-refractivity contribution is 7.89. The molecule has 140 valence electrons. The minimum atomic E-state index is -3.68. The molecular weight excluding hydrogens is 352 g/mol. The maximum atomic E-state index is 13.1. The fourth-order valence-corrected chi connectivity index (χ4v) is 3.90. The van der Waals surface area contributed by atoms with Crippen molar-refractivity contribution >= 4 is 16.0 Å². The van der Waals surface area contributed by atoms with Crippen molar-refractivity contribution in [2.24, 2.45) is 0 Å². The lowest BCUT2D eigenvalue weighted by molar-refractivity contribution is -0.136. The van der Waals surface area contributed by atoms with Crippen LogP contribution < -0.4 is 0 Å². The lowest BCUT2D eigenvalue weighted by Crippen LogP contribution is -2.36. The molecule has 1 N–H and O–H groups in total. The highest BCUT2D eigenvalue weighted by atomic mass is 32.2. The number of carboxylic acid groups (broad SMARTS) is 1. The Morgan fingerprint density at radius 1 is 0.923 bits per heavy atom. The first-order valence-corrected chi connectivity index (χ1v) is 9.72. The summed E-state index contributed by atoms with van der Waals surface area (Å²) in [7, 11) is 0.113. The molecule has 0 spiro atoms. The lowest BCUT2D eigenvalue weighted by Gasteiger charge is -2.24. The number of carbonyl (C=O) groups is 1. The largest absolute Gasteiger partial charge is 0.481 e. The van der Waals surface area contributed by atoms with Gasteiger partial charge in [-0.3, -0.25) is 4.79 Å². The first-order valence-electron chi connectivity index (χ1n) is 8.28. The molecule has 0 aliphatic carbocycles. The van der Waals surface area contributed by atoms with Gasteiger partial charge in [-0.1, -0.05) is 42.5 Å². The van der Waals surface area contributed by atoms with Gasteiger partial charge in [0.05, 0.1) is 11.3 Å². The zero-order valence-electron chi connectivity index (χ0n) is 15.0. The molecule has 2 aromatic carbocycles. The van der Waals surface area contributed by atoms with Crippen LogP contribution in [0.1, 0.15) is 11.1 Å². The Hall–Kier alpha value is -2.22. The first kappa shape index (κ1) is 20.1. The van der Waals surface area contributed by atoms with Crippen molar-refractivity contribution in [1.29, 1.82) is 0 Å². The molecule has 7 heteroatoms. The fourth-order valence-electron chi connectivity index (χ4n) is 2.49. The Morgan fingerprint density at radius 2 is 1.54 bits per heavy atom. The van der Waals surface area contributed by atoms with Crippen molar-refractivity contribution in [2.45, 2.75) is 17.9 Å². The molecule has 2 aromatic rings. The van der Waals surface area contributed by atoms with Gasteiger partial charge < -0.3 is 10.0 Å². The van der Waals surface area contributed by atoms with E-state index in [-0.39, 0.29) is 17.9 Å². The van der Waals surface area contributed by atoms with E-state index in [0.29, 0.717) is 18.7 Å². The number of aliphatic carboxylic acids is 1. The van der Waals surface area contributed by atoms with Crippen LogP contribution in [0, 0.1) is 0 Å². The number of hydrogen-bond acceptors (Lipinski definition) is 4. The topological polar surface area (TPSA) is 77.9 Å². The van der Waals surface area contributed by atoms with E-state index < -0.39 is 16.0 Å². The standard InChI is InChI=1S/C19H24N2O4S/c1-20(2)12-13-21(15-17-6-4-3-5-7-17)26(24,25)18-10-8-16(9-11-18)14-19(22)23/h3-11H,12-15H2,1-2H3,(H,22,23). The molecule has 0 fully saturated rings. The summed E-state index contributed by atoms with van der Waals surface area (Å²) < 4.78 is 27.6. The molecular formula is C19H24N2O4S. The SMILES string of the molecule is CN(C)CCN(Cc1ccccc1)S(=O)(=O)c1ccc(CC(=O)O)cc1. The van der Waals surface area contributed by atoms with Gasteiger partial charge >= 0.3 is 5.97 Å². The van der Waals surface area contributed by atoms with Crippen molar-refractivity contribution in [3.05, 3.63) is 65.7 Å². The Balaban J connectivity index is 2.27. The van der Waals surface area contributed by atoms with E-state index in [1.54, 1.807) is 12.1 Å². The summed E-state index contributed by atoms with van der Waals surface area (Å²) in [4.78, 5) is 12.9. The van der Waals surface area contributed by atoms with Gasteiger partial charge in [0.2, 0.25) is 10.0 Å². The number of benzene rings is 2. The minimum Gasteiger partial charge on any atom is -0.481 e. The summed E-state index contributed by atoms with van der Waals surface area (Å²) in [5, 5.41) is 8.84. The average Bonchev–Trinajstić information content (AvgIpc) is 2.59. The van der Waals surface area contributed by atoms with Crippen molar-refractivity contribution in [3.8, 4) is 0 Å². The number of likely N-dealkylation sites (N-methyl/N-ethyl adjacent to an activating group) is 1. The van der Waals surface area contributed by atoms with E-state index in [4.69, 9.17) is 5.11 Å². The van der Waals surface area contributed by atoms with Crippen LogP contribution in [-0.4, -0.2) is 55.9 Å². The van der Waals surface area contributed by atoms with Crippen LogP contribution in [0.5, 0.6) is 0 Å². The second-order valence-electron chi connectivity index (χ2n) is 6.34. The molecule has 0 aromatic heterocycles. The van der Waals surface area contributed by atoms with Gasteiger partial charge in [0.15, 0.2) is 0 Å². The maximum absolute atomic E-state index is 13.1. The van der Waals surface area contributed by atoms with E-state index in [2.05, 4.69) is 0 Å². The molecule has 2 rings (SSSR count). The molecule has 0 saturated carbocycles. The predicted octanol–water partition coefficient (Wildman–Crippen LogP) is 2.07. The van der Waals surface area contributed by atoms with E-state index in [1.165, 1.54) is 16.4 Å². The first-order chi connectivity index (χ1) is 12.3. The van der Waals surface area contributed by atoms with Crippen LogP contribution in [0.2, 0.25) is 0 Å². The normalized spacial score (nSPS) is 11.8. The van der Waals surface area contributed by atoms with Crippen LogP contribution in [0.25, 0.3) is 0 Å². The summed E-state index contributed by atoms with van der Waals surface area (Å²) in [5.74, 6) is -0.947. The van der Waals surface area contributed by atoms with Gasteiger partial charge in [-0.15, -0.1) is 0 Å². The molecule has 26 heavy (non-hydrogen) atoms. The predicted molar refractivity (Wildman–Crippen MR) is 100 cm³/mol. The second-order valence-corrected chi connectivity index (χ2v) is 8.28. The van der Waals surface area contributed by atoms with Crippen LogP contribution in [0.15, 0.2) is 59.5 Å². The molecule has 0 radical (unpaired) electrons. The smallest absolute Gasteiger partial charge is 0.307 e. The van der Waals surface area contributed by atoms with E-state index in [0.717, 1.165) is 5.56 Å². The monoisotopic (exact) mass is 376 g/mol. The maximum Gasteiger partial charge on any atom is 0.307 e. The lowest BCUT2D eigenvalue weighted by atomic mass is 10.2. The van der Waals surface area contributed by atoms with Crippen LogP contribution in [-0.2, 0) is 27.8 Å². The third kappa shape index (κ3) is 5.66. The fraction of sp³-hybridized carbons (Fsp3) is 0.316. The summed E-state index contributed by atoms with van der Waals surface area (Å²) in [5.41, 5.74) is 1.48. The van der Waals surface area contributed by atoms with Gasteiger partial charge in [-0.2, -0.15) is 4.31 Å². The van der Waals surface area contributed by atoms with Gasteiger partial charge in [-0.25, -0.2) is 8.42 Å². The summed E-state index contributed by atoms with van der Waals surface area (Å²) >= 11 is 0. The Bertz CT molecular complexity index is 818. The number of hydrogen-bond donors (Lipinski definition) is 1. The van der Waals surface area contributed by atoms with Crippen molar-refractivity contribution in [3.63, 3.8) is 0 Å². The minimum absolute atomic E-state index is 0.130. The van der Waals surface area contributed by atoms with E-state index >= 15 is 0 Å². The quantitative estimate of drug-likeness (QED) is 0.725. The van der Waals surface area contributed by atoms with Crippen LogP contribution in [0.3, 0.4) is 0 Å². The van der Waals surface area contributed by atoms with Crippen molar-refractivity contribution in [1.82, 2.24) is 9.21 Å². The molecule has 0 amide bonds. The van der Waals surface area contributed by atoms with Gasteiger partial charge in [0.25, 0.3) is 0 Å². The Morgan fingerprint density at radius 3 is 2.08 bits per heavy atom. The number of sulfonamides is 1. The van der Waals surface area contributed by atoms with Crippen molar-refractivity contribution in [2.75, 3.05) is 27.2 Å². The molecule has 0 aliphatic rings. The van der Waals surface area contributed by atoms with E-state index in [9.17, 15) is 13.2 Å². The number of rotatable bonds is 9. The summed E-state index contributed by atoms with van der Waals surface area (Å²) in [6, 6.07) is 15.5. The third-order valence-electron chi connectivity index (χ3n) is 3.91. The zero-order chi connectivity index (χ0) is 19.2. The van der Waals surface area contributed by atoms with Gasteiger partial charge in [0, 0.05) is 19.6 Å². The zero-order valence-corrected chi connectivity index (χ0v) is 15.8. The molecule has 0 saturated heterocycles. The Kier molecular flexibility index (Phi) is 6.90. The second kappa shape index (κ2) is 8.93. The van der Waals surface area contributed by atoms with Crippen molar-refractivity contribution < 1.29 is 18.3 Å². The molecule has 0 atom stereocenters. The van der Waals surface area contributed by atoms with Gasteiger partial charge in [-0.05, 0) is 37.4 Å². The third-order valence-corrected chi connectivity index (χ3v) is 5.77. The average molecular weight is 376 g/mol. The molecule has 6 nitrogen and oxygen atoms in total. The highest BCUT2D eigenvalue weighted by Crippen LogP contribution is 2.19. The van der Waals surface area contributed by atoms with Gasteiger partial charge in [0.1, 0.15) is 0 Å². The van der Waals surface area contributed by atoms with E-state index in [1.807, 2.05) is 49.3 Å². The Labute approximate surface area is 154 Å².